The van der Waals surface area contributed by atoms with E-state index >= 15 is 0 Å². The second-order valence-electron chi connectivity index (χ2n) is 6.63. The molecule has 2 saturated heterocycles. The molecule has 0 aliphatic carbocycles. The monoisotopic (exact) mass is 388 g/mol. The molecular formula is C18H18N3O5S+. The molecule has 2 aliphatic heterocycles. The second kappa shape index (κ2) is 6.43. The van der Waals surface area contributed by atoms with Crippen LogP contribution in [0.15, 0.2) is 54.9 Å². The third-order valence-corrected chi connectivity index (χ3v) is 5.94. The minimum absolute atomic E-state index is 0.0447. The van der Waals surface area contributed by atoms with Crippen molar-refractivity contribution < 1.29 is 27.1 Å². The summed E-state index contributed by atoms with van der Waals surface area (Å²) in [6, 6.07) is 12.1. The first-order valence-corrected chi connectivity index (χ1v) is 9.90. The number of fused-ring (bicyclic) bond motifs is 1. The van der Waals surface area contributed by atoms with Crippen molar-refractivity contribution in [3.63, 3.8) is 0 Å². The number of hydrogen-bond acceptors (Lipinski definition) is 4. The Kier molecular flexibility index (Phi) is 4.20. The van der Waals surface area contributed by atoms with Crippen LogP contribution in [-0.4, -0.2) is 52.6 Å². The first kappa shape index (κ1) is 17.6. The lowest BCUT2D eigenvalue weighted by atomic mass is 10.0. The highest BCUT2D eigenvalue weighted by Gasteiger charge is 2.60. The molecular weight excluding hydrogens is 370 g/mol. The van der Waals surface area contributed by atoms with E-state index in [1.165, 1.54) is 4.90 Å². The number of nitrogens with zero attached hydrogens (tertiary/aromatic N) is 3. The van der Waals surface area contributed by atoms with Crippen LogP contribution in [0, 0.1) is 0 Å². The number of hydrogen-bond donors (Lipinski definition) is 1. The summed E-state index contributed by atoms with van der Waals surface area (Å²) in [5, 5.41) is 0. The minimum Gasteiger partial charge on any atom is -0.323 e. The number of rotatable bonds is 4. The zero-order valence-electron chi connectivity index (χ0n) is 14.3. The van der Waals surface area contributed by atoms with Crippen LogP contribution in [0.4, 0.5) is 0 Å². The Morgan fingerprint density at radius 2 is 1.85 bits per heavy atom. The molecule has 9 heteroatoms. The highest BCUT2D eigenvalue weighted by atomic mass is 32.2. The van der Waals surface area contributed by atoms with E-state index < -0.39 is 28.3 Å². The molecule has 0 radical (unpaired) electrons. The molecule has 2 fully saturated rings. The molecule has 8 nitrogen and oxygen atoms in total. The topological polar surface area (TPSA) is 98.9 Å². The fourth-order valence-corrected chi connectivity index (χ4v) is 4.66. The number of aromatic nitrogens is 1. The Balaban J connectivity index is 1.49. The lowest BCUT2D eigenvalue weighted by Gasteiger charge is -2.42. The number of carbonyl (C=O) groups is 2. The summed E-state index contributed by atoms with van der Waals surface area (Å²) in [6.07, 6.45) is 3.95. The van der Waals surface area contributed by atoms with Crippen LogP contribution in [0.3, 0.4) is 0 Å². The Morgan fingerprint density at radius 1 is 1.15 bits per heavy atom. The van der Waals surface area contributed by atoms with Crippen LogP contribution in [-0.2, 0) is 26.4 Å². The Morgan fingerprint density at radius 3 is 2.56 bits per heavy atom. The quantitative estimate of drug-likeness (QED) is 0.460. The third kappa shape index (κ3) is 3.08. The van der Waals surface area contributed by atoms with Gasteiger partial charge in [0.2, 0.25) is 6.54 Å². The molecule has 3 heterocycles. The highest BCUT2D eigenvalue weighted by molar-refractivity contribution is 7.84. The van der Waals surface area contributed by atoms with E-state index in [-0.39, 0.29) is 19.0 Å². The van der Waals surface area contributed by atoms with Crippen LogP contribution in [0.5, 0.6) is 0 Å². The number of carbonyl (C=O) groups excluding carboxylic acids is 2. The van der Waals surface area contributed by atoms with Crippen LogP contribution < -0.4 is 4.57 Å². The van der Waals surface area contributed by atoms with Crippen molar-refractivity contribution in [1.82, 2.24) is 9.21 Å². The van der Waals surface area contributed by atoms with Crippen molar-refractivity contribution in [2.45, 2.75) is 25.0 Å². The summed E-state index contributed by atoms with van der Waals surface area (Å²) < 4.78 is 33.8. The van der Waals surface area contributed by atoms with Crippen molar-refractivity contribution in [2.24, 2.45) is 0 Å². The minimum atomic E-state index is -4.57. The SMILES string of the molecule is O=C(C[n+]1cccc(-c2ccccc2)c1)N1CC[C@@H]2[C@H]1C(=O)N2S(=O)(=O)O. The molecule has 4 rings (SSSR count). The van der Waals surface area contributed by atoms with Gasteiger partial charge in [0.15, 0.2) is 12.4 Å². The van der Waals surface area contributed by atoms with Gasteiger partial charge in [-0.1, -0.05) is 30.3 Å². The summed E-state index contributed by atoms with van der Waals surface area (Å²) in [4.78, 5) is 26.2. The maximum Gasteiger partial charge on any atom is 0.362 e. The van der Waals surface area contributed by atoms with E-state index in [0.29, 0.717) is 10.7 Å². The van der Waals surface area contributed by atoms with Crippen molar-refractivity contribution >= 4 is 22.1 Å². The molecule has 1 aromatic heterocycles. The van der Waals surface area contributed by atoms with Crippen LogP contribution >= 0.6 is 0 Å². The van der Waals surface area contributed by atoms with E-state index in [0.717, 1.165) is 11.1 Å². The Hall–Kier alpha value is -2.78. The molecule has 2 atom stereocenters. The molecule has 1 N–H and O–H groups in total. The zero-order valence-corrected chi connectivity index (χ0v) is 15.1. The van der Waals surface area contributed by atoms with Gasteiger partial charge in [-0.3, -0.25) is 14.1 Å². The van der Waals surface area contributed by atoms with Gasteiger partial charge in [0.05, 0.1) is 6.04 Å². The summed E-state index contributed by atoms with van der Waals surface area (Å²) in [7, 11) is -4.57. The molecule has 2 amide bonds. The van der Waals surface area contributed by atoms with Gasteiger partial charge in [0.1, 0.15) is 6.04 Å². The predicted molar refractivity (Wildman–Crippen MR) is 94.4 cm³/mol. The number of benzene rings is 1. The summed E-state index contributed by atoms with van der Waals surface area (Å²) in [6.45, 7) is 0.327. The average molecular weight is 388 g/mol. The molecule has 0 unspecified atom stereocenters. The standard InChI is InChI=1S/C18H17N3O5S/c22-16(20-10-8-15-17(20)18(23)21(15)27(24,25)26)12-19-9-4-7-14(11-19)13-5-2-1-3-6-13/h1-7,9,11,15,17H,8,10,12H2/p+1/t15-,17+/m1/s1. The van der Waals surface area contributed by atoms with Gasteiger partial charge in [-0.05, 0) is 18.1 Å². The van der Waals surface area contributed by atoms with Gasteiger partial charge in [0, 0.05) is 18.2 Å². The molecule has 2 aromatic rings. The summed E-state index contributed by atoms with van der Waals surface area (Å²) in [5.41, 5.74) is 1.99. The van der Waals surface area contributed by atoms with Crippen molar-refractivity contribution in [1.29, 1.82) is 0 Å². The average Bonchev–Trinajstić information content (AvgIpc) is 3.00. The van der Waals surface area contributed by atoms with Gasteiger partial charge < -0.3 is 4.90 Å². The largest absolute Gasteiger partial charge is 0.362 e. The van der Waals surface area contributed by atoms with E-state index in [1.807, 2.05) is 48.7 Å². The molecule has 0 saturated carbocycles. The number of amides is 2. The number of β-lactam (4-membered cyclic amide) rings is 1. The van der Waals surface area contributed by atoms with Gasteiger partial charge >= 0.3 is 10.3 Å². The van der Waals surface area contributed by atoms with Gasteiger partial charge in [-0.15, -0.1) is 0 Å². The van der Waals surface area contributed by atoms with Gasteiger partial charge in [0.25, 0.3) is 11.8 Å². The van der Waals surface area contributed by atoms with E-state index in [9.17, 15) is 18.0 Å². The third-order valence-electron chi connectivity index (χ3n) is 4.99. The molecule has 0 spiro atoms. The second-order valence-corrected chi connectivity index (χ2v) is 7.92. The number of pyridine rings is 1. The van der Waals surface area contributed by atoms with Crippen molar-refractivity contribution in [3.8, 4) is 11.1 Å². The highest BCUT2D eigenvalue weighted by Crippen LogP contribution is 2.35. The lowest BCUT2D eigenvalue weighted by molar-refractivity contribution is -0.684. The maximum atomic E-state index is 12.7. The van der Waals surface area contributed by atoms with Gasteiger partial charge in [-0.25, -0.2) is 4.31 Å². The first-order chi connectivity index (χ1) is 12.9. The van der Waals surface area contributed by atoms with Crippen LogP contribution in [0.1, 0.15) is 6.42 Å². The van der Waals surface area contributed by atoms with Gasteiger partial charge in [-0.2, -0.15) is 13.0 Å². The van der Waals surface area contributed by atoms with Crippen LogP contribution in [0.2, 0.25) is 0 Å². The fraction of sp³-hybridized carbons (Fsp3) is 0.278. The lowest BCUT2D eigenvalue weighted by Crippen LogP contribution is -2.68. The summed E-state index contributed by atoms with van der Waals surface area (Å²) >= 11 is 0. The fourth-order valence-electron chi connectivity index (χ4n) is 3.76. The van der Waals surface area contributed by atoms with E-state index in [4.69, 9.17) is 4.55 Å². The van der Waals surface area contributed by atoms with E-state index in [1.54, 1.807) is 10.8 Å². The smallest absolute Gasteiger partial charge is 0.323 e. The first-order valence-electron chi connectivity index (χ1n) is 8.51. The maximum absolute atomic E-state index is 12.7. The Bertz CT molecular complexity index is 1010. The normalized spacial score (nSPS) is 21.7. The Labute approximate surface area is 156 Å². The zero-order chi connectivity index (χ0) is 19.2. The summed E-state index contributed by atoms with van der Waals surface area (Å²) in [5.74, 6) is -1.02. The predicted octanol–water partition coefficient (Wildman–Crippen LogP) is 0.256. The van der Waals surface area contributed by atoms with Crippen molar-refractivity contribution in [3.05, 3.63) is 54.9 Å². The van der Waals surface area contributed by atoms with Crippen LogP contribution in [0.25, 0.3) is 11.1 Å². The number of likely N-dealkylation sites (tertiary alicyclic amines) is 1. The molecule has 1 aromatic carbocycles. The molecule has 0 bridgehead atoms. The van der Waals surface area contributed by atoms with E-state index in [2.05, 4.69) is 0 Å². The molecule has 2 aliphatic rings. The molecule has 27 heavy (non-hydrogen) atoms. The van der Waals surface area contributed by atoms with Crippen molar-refractivity contribution in [2.75, 3.05) is 6.54 Å². The molecule has 140 valence electrons.